The van der Waals surface area contributed by atoms with Gasteiger partial charge in [-0.15, -0.1) is 0 Å². The fourth-order valence-corrected chi connectivity index (χ4v) is 2.87. The molecule has 1 saturated heterocycles. The van der Waals surface area contributed by atoms with Crippen molar-refractivity contribution >= 4 is 0 Å². The molecule has 0 radical (unpaired) electrons. The van der Waals surface area contributed by atoms with Gasteiger partial charge in [-0.3, -0.25) is 14.9 Å². The monoisotopic (exact) mass is 289 g/mol. The van der Waals surface area contributed by atoms with Gasteiger partial charge in [0.15, 0.2) is 0 Å². The van der Waals surface area contributed by atoms with Crippen LogP contribution in [0.1, 0.15) is 30.0 Å². The van der Waals surface area contributed by atoms with Gasteiger partial charge in [0.25, 0.3) is 0 Å². The third-order valence-electron chi connectivity index (χ3n) is 3.91. The lowest BCUT2D eigenvalue weighted by atomic mass is 9.94. The van der Waals surface area contributed by atoms with Gasteiger partial charge in [0, 0.05) is 43.2 Å². The van der Waals surface area contributed by atoms with Gasteiger partial charge in [-0.1, -0.05) is 0 Å². The lowest BCUT2D eigenvalue weighted by Crippen LogP contribution is -2.34. The summed E-state index contributed by atoms with van der Waals surface area (Å²) in [4.78, 5) is 10.6. The summed E-state index contributed by atoms with van der Waals surface area (Å²) in [5, 5.41) is 0. The van der Waals surface area contributed by atoms with Gasteiger partial charge in [-0.25, -0.2) is 8.78 Å². The van der Waals surface area contributed by atoms with Crippen LogP contribution in [-0.2, 0) is 6.54 Å². The van der Waals surface area contributed by atoms with Crippen molar-refractivity contribution in [1.29, 1.82) is 0 Å². The third-order valence-corrected chi connectivity index (χ3v) is 3.91. The molecular formula is C16H17F2N3. The first kappa shape index (κ1) is 14.1. The number of piperidine rings is 1. The molecule has 5 heteroatoms. The molecule has 0 amide bonds. The van der Waals surface area contributed by atoms with Gasteiger partial charge in [0.05, 0.1) is 5.69 Å². The summed E-state index contributed by atoms with van der Waals surface area (Å²) in [5.41, 5.74) is 1.39. The molecule has 0 bridgehead atoms. The largest absolute Gasteiger partial charge is 0.298 e. The maximum Gasteiger partial charge on any atom is 0.127 e. The first-order valence-corrected chi connectivity index (χ1v) is 7.14. The molecule has 1 aliphatic rings. The molecular weight excluding hydrogens is 272 g/mol. The molecule has 0 unspecified atom stereocenters. The highest BCUT2D eigenvalue weighted by Crippen LogP contribution is 2.26. The fourth-order valence-electron chi connectivity index (χ4n) is 2.87. The van der Waals surface area contributed by atoms with E-state index in [2.05, 4.69) is 14.9 Å². The third kappa shape index (κ3) is 3.42. The SMILES string of the molecule is Fc1ccc(F)c(CN2CCC[C@@H](c3cnccn3)C2)c1. The van der Waals surface area contributed by atoms with Crippen molar-refractivity contribution < 1.29 is 8.78 Å². The summed E-state index contributed by atoms with van der Waals surface area (Å²) in [6, 6.07) is 3.62. The average molecular weight is 289 g/mol. The lowest BCUT2D eigenvalue weighted by molar-refractivity contribution is 0.196. The van der Waals surface area contributed by atoms with Crippen LogP contribution in [0, 0.1) is 11.6 Å². The zero-order chi connectivity index (χ0) is 14.7. The summed E-state index contributed by atoms with van der Waals surface area (Å²) >= 11 is 0. The highest BCUT2D eigenvalue weighted by Gasteiger charge is 2.23. The van der Waals surface area contributed by atoms with Crippen LogP contribution < -0.4 is 0 Å². The van der Waals surface area contributed by atoms with Gasteiger partial charge in [-0.2, -0.15) is 0 Å². The van der Waals surface area contributed by atoms with E-state index < -0.39 is 5.82 Å². The predicted octanol–water partition coefficient (Wildman–Crippen LogP) is 3.13. The number of aromatic nitrogens is 2. The molecule has 0 saturated carbocycles. The Kier molecular flexibility index (Phi) is 4.20. The molecule has 1 fully saturated rings. The van der Waals surface area contributed by atoms with Crippen LogP contribution in [-0.4, -0.2) is 28.0 Å². The standard InChI is InChI=1S/C16H17F2N3/c17-14-3-4-15(18)13(8-14)11-21-7-1-2-12(10-21)16-9-19-5-6-20-16/h3-6,8-9,12H,1-2,7,10-11H2/t12-/m1/s1. The molecule has 0 N–H and O–H groups in total. The van der Waals surface area contributed by atoms with Crippen molar-refractivity contribution in [2.75, 3.05) is 13.1 Å². The molecule has 2 aromatic rings. The van der Waals surface area contributed by atoms with Crippen molar-refractivity contribution in [3.8, 4) is 0 Å². The second kappa shape index (κ2) is 6.26. The molecule has 21 heavy (non-hydrogen) atoms. The van der Waals surface area contributed by atoms with E-state index in [1.807, 2.05) is 0 Å². The van der Waals surface area contributed by atoms with E-state index in [0.717, 1.165) is 37.7 Å². The topological polar surface area (TPSA) is 29.0 Å². The number of nitrogens with zero attached hydrogens (tertiary/aromatic N) is 3. The highest BCUT2D eigenvalue weighted by atomic mass is 19.1. The van der Waals surface area contributed by atoms with Crippen molar-refractivity contribution in [3.63, 3.8) is 0 Å². The molecule has 0 spiro atoms. The van der Waals surface area contributed by atoms with E-state index in [0.29, 0.717) is 18.0 Å². The van der Waals surface area contributed by atoms with Gasteiger partial charge >= 0.3 is 0 Å². The van der Waals surface area contributed by atoms with Crippen LogP contribution in [0.2, 0.25) is 0 Å². The van der Waals surface area contributed by atoms with E-state index in [1.54, 1.807) is 18.6 Å². The Bertz CT molecular complexity index is 604. The molecule has 1 aliphatic heterocycles. The molecule has 0 aliphatic carbocycles. The van der Waals surface area contributed by atoms with E-state index in [-0.39, 0.29) is 5.82 Å². The Morgan fingerprint density at radius 1 is 1.24 bits per heavy atom. The molecule has 110 valence electrons. The smallest absolute Gasteiger partial charge is 0.127 e. The Morgan fingerprint density at radius 3 is 2.95 bits per heavy atom. The fraction of sp³-hybridized carbons (Fsp3) is 0.375. The minimum atomic E-state index is -0.395. The number of likely N-dealkylation sites (tertiary alicyclic amines) is 1. The summed E-state index contributed by atoms with van der Waals surface area (Å²) in [6.45, 7) is 2.13. The normalized spacial score (nSPS) is 19.6. The Morgan fingerprint density at radius 2 is 2.14 bits per heavy atom. The first-order chi connectivity index (χ1) is 10.2. The van der Waals surface area contributed by atoms with Crippen molar-refractivity contribution in [1.82, 2.24) is 14.9 Å². The Hall–Kier alpha value is -1.88. The molecule has 3 nitrogen and oxygen atoms in total. The Labute approximate surface area is 122 Å². The van der Waals surface area contributed by atoms with Crippen molar-refractivity contribution in [2.24, 2.45) is 0 Å². The molecule has 1 atom stereocenters. The van der Waals surface area contributed by atoms with E-state index >= 15 is 0 Å². The molecule has 3 rings (SSSR count). The second-order valence-electron chi connectivity index (χ2n) is 5.44. The number of halogens is 2. The number of benzene rings is 1. The van der Waals surface area contributed by atoms with Gasteiger partial charge in [0.2, 0.25) is 0 Å². The highest BCUT2D eigenvalue weighted by molar-refractivity contribution is 5.19. The number of hydrogen-bond donors (Lipinski definition) is 0. The minimum absolute atomic E-state index is 0.309. The van der Waals surface area contributed by atoms with Gasteiger partial charge in [0.1, 0.15) is 11.6 Å². The number of rotatable bonds is 3. The maximum absolute atomic E-state index is 13.7. The molecule has 2 heterocycles. The van der Waals surface area contributed by atoms with Crippen molar-refractivity contribution in [3.05, 3.63) is 59.7 Å². The number of hydrogen-bond acceptors (Lipinski definition) is 3. The molecule has 1 aromatic carbocycles. The minimum Gasteiger partial charge on any atom is -0.298 e. The van der Waals surface area contributed by atoms with Crippen molar-refractivity contribution in [2.45, 2.75) is 25.3 Å². The summed E-state index contributed by atoms with van der Waals surface area (Å²) in [6.07, 6.45) is 7.22. The molecule has 1 aromatic heterocycles. The summed E-state index contributed by atoms with van der Waals surface area (Å²) in [5.74, 6) is -0.434. The first-order valence-electron chi connectivity index (χ1n) is 7.14. The maximum atomic E-state index is 13.7. The van der Waals surface area contributed by atoms with Crippen LogP contribution in [0.3, 0.4) is 0 Å². The zero-order valence-electron chi connectivity index (χ0n) is 11.7. The van der Waals surface area contributed by atoms with Crippen LogP contribution in [0.25, 0.3) is 0 Å². The lowest BCUT2D eigenvalue weighted by Gasteiger charge is -2.32. The van der Waals surface area contributed by atoms with E-state index in [9.17, 15) is 8.78 Å². The van der Waals surface area contributed by atoms with E-state index in [4.69, 9.17) is 0 Å². The quantitative estimate of drug-likeness (QED) is 0.869. The second-order valence-corrected chi connectivity index (χ2v) is 5.44. The summed E-state index contributed by atoms with van der Waals surface area (Å²) in [7, 11) is 0. The average Bonchev–Trinajstić information content (AvgIpc) is 2.52. The van der Waals surface area contributed by atoms with Crippen LogP contribution in [0.5, 0.6) is 0 Å². The zero-order valence-corrected chi connectivity index (χ0v) is 11.7. The summed E-state index contributed by atoms with van der Waals surface area (Å²) < 4.78 is 27.0. The van der Waals surface area contributed by atoms with Gasteiger partial charge in [-0.05, 0) is 37.6 Å². The van der Waals surface area contributed by atoms with Crippen LogP contribution >= 0.6 is 0 Å². The van der Waals surface area contributed by atoms with Crippen LogP contribution in [0.15, 0.2) is 36.8 Å². The van der Waals surface area contributed by atoms with Gasteiger partial charge < -0.3 is 0 Å². The predicted molar refractivity (Wildman–Crippen MR) is 75.6 cm³/mol. The van der Waals surface area contributed by atoms with E-state index in [1.165, 1.54) is 12.1 Å². The Balaban J connectivity index is 1.70. The van der Waals surface area contributed by atoms with Crippen LogP contribution in [0.4, 0.5) is 8.78 Å².